The molecule has 146 valence electrons. The number of aryl methyl sites for hydroxylation is 1. The van der Waals surface area contributed by atoms with Crippen molar-refractivity contribution in [1.82, 2.24) is 9.88 Å². The van der Waals surface area contributed by atoms with Gasteiger partial charge in [-0.2, -0.15) is 0 Å². The topological polar surface area (TPSA) is 19.0 Å². The number of benzene rings is 2. The molecule has 2 aromatic carbocycles. The third-order valence-corrected chi connectivity index (χ3v) is 6.58. The highest BCUT2D eigenvalue weighted by atomic mass is 19.1. The van der Waals surface area contributed by atoms with E-state index >= 15 is 0 Å². The van der Waals surface area contributed by atoms with Crippen molar-refractivity contribution < 1.29 is 8.78 Å². The van der Waals surface area contributed by atoms with Crippen molar-refractivity contribution in [3.8, 4) is 0 Å². The molecule has 28 heavy (non-hydrogen) atoms. The summed E-state index contributed by atoms with van der Waals surface area (Å²) in [5, 5.41) is 1.07. The number of halogens is 2. The number of aromatic amines is 1. The van der Waals surface area contributed by atoms with E-state index in [9.17, 15) is 8.78 Å². The van der Waals surface area contributed by atoms with E-state index in [1.54, 1.807) is 24.3 Å². The highest BCUT2D eigenvalue weighted by Crippen LogP contribution is 2.45. The fourth-order valence-electron chi connectivity index (χ4n) is 5.29. The number of fused-ring (bicyclic) bond motifs is 6. The van der Waals surface area contributed by atoms with Crippen LogP contribution in [0.25, 0.3) is 10.9 Å². The van der Waals surface area contributed by atoms with Crippen LogP contribution in [0, 0.1) is 11.6 Å². The molecular formula is C24H26F2N2. The van der Waals surface area contributed by atoms with Gasteiger partial charge in [-0.3, -0.25) is 4.90 Å². The van der Waals surface area contributed by atoms with Gasteiger partial charge in [0.25, 0.3) is 0 Å². The minimum absolute atomic E-state index is 0.155. The van der Waals surface area contributed by atoms with Crippen LogP contribution in [0.2, 0.25) is 0 Å². The van der Waals surface area contributed by atoms with Crippen LogP contribution in [0.4, 0.5) is 8.78 Å². The number of hydrogen-bond acceptors (Lipinski definition) is 1. The first-order chi connectivity index (χ1) is 13.7. The summed E-state index contributed by atoms with van der Waals surface area (Å²) in [6, 6.07) is 13.0. The maximum atomic E-state index is 13.9. The summed E-state index contributed by atoms with van der Waals surface area (Å²) < 4.78 is 26.9. The number of nitrogens with one attached hydrogen (secondary N) is 1. The molecule has 1 aromatic heterocycles. The van der Waals surface area contributed by atoms with Gasteiger partial charge in [-0.05, 0) is 86.5 Å². The summed E-state index contributed by atoms with van der Waals surface area (Å²) in [5.41, 5.74) is 4.92. The Morgan fingerprint density at radius 1 is 0.964 bits per heavy atom. The highest BCUT2D eigenvalue weighted by Gasteiger charge is 2.38. The Morgan fingerprint density at radius 3 is 2.64 bits per heavy atom. The molecule has 0 spiro atoms. The Labute approximate surface area is 164 Å². The summed E-state index contributed by atoms with van der Waals surface area (Å²) in [4.78, 5) is 6.24. The second kappa shape index (κ2) is 7.32. The number of H-pyrrole nitrogens is 1. The molecule has 0 radical (unpaired) electrons. The molecule has 4 heteroatoms. The molecule has 1 N–H and O–H groups in total. The summed E-state index contributed by atoms with van der Waals surface area (Å²) in [5.74, 6) is -0.325. The molecular weight excluding hydrogens is 354 g/mol. The molecule has 1 fully saturated rings. The minimum Gasteiger partial charge on any atom is -0.358 e. The molecule has 2 atom stereocenters. The van der Waals surface area contributed by atoms with Gasteiger partial charge in [-0.1, -0.05) is 12.1 Å². The summed E-state index contributed by atoms with van der Waals surface area (Å²) in [6.45, 7) is 1.08. The summed E-state index contributed by atoms with van der Waals surface area (Å²) in [6.07, 6.45) is 7.94. The van der Waals surface area contributed by atoms with Crippen LogP contribution in [0.15, 0.2) is 42.5 Å². The van der Waals surface area contributed by atoms with Gasteiger partial charge in [0.1, 0.15) is 11.6 Å². The lowest BCUT2D eigenvalue weighted by atomic mass is 9.82. The Bertz CT molecular complexity index is 976. The molecule has 1 saturated heterocycles. The van der Waals surface area contributed by atoms with Gasteiger partial charge in [-0.25, -0.2) is 8.78 Å². The zero-order chi connectivity index (χ0) is 19.1. The van der Waals surface area contributed by atoms with Crippen LogP contribution in [-0.2, 0) is 12.8 Å². The molecule has 2 aliphatic heterocycles. The normalized spacial score (nSPS) is 21.8. The lowest BCUT2D eigenvalue weighted by Gasteiger charge is -2.46. The molecule has 3 heterocycles. The Kier molecular flexibility index (Phi) is 4.67. The largest absolute Gasteiger partial charge is 0.358 e. The van der Waals surface area contributed by atoms with Crippen LogP contribution >= 0.6 is 0 Å². The molecule has 0 aliphatic carbocycles. The van der Waals surface area contributed by atoms with E-state index in [1.165, 1.54) is 29.7 Å². The van der Waals surface area contributed by atoms with Gasteiger partial charge in [0.15, 0.2) is 0 Å². The van der Waals surface area contributed by atoms with Crippen molar-refractivity contribution >= 4 is 10.9 Å². The standard InChI is InChI=1S/C24H26F2N2/c25-17-9-7-16(8-10-17)4-1-2-13-28-19-5-3-6-23(28)24-20-14-18(26)11-12-21(20)27-22(24)15-19/h7-12,14,19,23,27H,1-6,13,15H2/t19-,23+/m0/s1. The maximum absolute atomic E-state index is 13.9. The van der Waals surface area contributed by atoms with Crippen LogP contribution in [0.3, 0.4) is 0 Å². The van der Waals surface area contributed by atoms with Crippen molar-refractivity contribution in [3.63, 3.8) is 0 Å². The lowest BCUT2D eigenvalue weighted by molar-refractivity contribution is 0.0676. The van der Waals surface area contributed by atoms with E-state index < -0.39 is 0 Å². The van der Waals surface area contributed by atoms with E-state index in [0.29, 0.717) is 12.1 Å². The molecule has 0 saturated carbocycles. The Balaban J connectivity index is 1.31. The number of unbranched alkanes of at least 4 members (excludes halogenated alkanes) is 1. The molecule has 5 rings (SSSR count). The quantitative estimate of drug-likeness (QED) is 0.544. The Morgan fingerprint density at radius 2 is 1.79 bits per heavy atom. The number of rotatable bonds is 5. The van der Waals surface area contributed by atoms with Crippen molar-refractivity contribution in [2.24, 2.45) is 0 Å². The molecule has 3 aromatic rings. The zero-order valence-electron chi connectivity index (χ0n) is 16.1. The van der Waals surface area contributed by atoms with Gasteiger partial charge < -0.3 is 4.98 Å². The number of hydrogen-bond donors (Lipinski definition) is 1. The minimum atomic E-state index is -0.170. The molecule has 0 unspecified atom stereocenters. The van der Waals surface area contributed by atoms with E-state index in [2.05, 4.69) is 9.88 Å². The summed E-state index contributed by atoms with van der Waals surface area (Å²) >= 11 is 0. The maximum Gasteiger partial charge on any atom is 0.123 e. The van der Waals surface area contributed by atoms with E-state index in [4.69, 9.17) is 0 Å². The molecule has 0 amide bonds. The van der Waals surface area contributed by atoms with Crippen molar-refractivity contribution in [2.45, 2.75) is 57.0 Å². The SMILES string of the molecule is Fc1ccc(CCCCN2[C@H]3CCC[C@@H]2c2c([nH]c4ccc(F)cc24)C3)cc1. The third-order valence-electron chi connectivity index (χ3n) is 6.58. The molecule has 2 bridgehead atoms. The number of aromatic nitrogens is 1. The Hall–Kier alpha value is -2.20. The average molecular weight is 380 g/mol. The first kappa shape index (κ1) is 17.9. The van der Waals surface area contributed by atoms with E-state index in [-0.39, 0.29) is 11.6 Å². The van der Waals surface area contributed by atoms with Crippen molar-refractivity contribution in [3.05, 3.63) is 70.9 Å². The first-order valence-electron chi connectivity index (χ1n) is 10.5. The predicted octanol–water partition coefficient (Wildman–Crippen LogP) is 5.92. The van der Waals surface area contributed by atoms with Crippen molar-refractivity contribution in [2.75, 3.05) is 6.54 Å². The predicted molar refractivity (Wildman–Crippen MR) is 108 cm³/mol. The van der Waals surface area contributed by atoms with Gasteiger partial charge in [0, 0.05) is 35.1 Å². The average Bonchev–Trinajstić information content (AvgIpc) is 3.03. The zero-order valence-corrected chi connectivity index (χ0v) is 16.1. The van der Waals surface area contributed by atoms with Crippen LogP contribution in [0.1, 0.15) is 55.0 Å². The van der Waals surface area contributed by atoms with Gasteiger partial charge in [-0.15, -0.1) is 0 Å². The smallest absolute Gasteiger partial charge is 0.123 e. The summed E-state index contributed by atoms with van der Waals surface area (Å²) in [7, 11) is 0. The van der Waals surface area contributed by atoms with Crippen molar-refractivity contribution in [1.29, 1.82) is 0 Å². The van der Waals surface area contributed by atoms with Gasteiger partial charge in [0.05, 0.1) is 0 Å². The second-order valence-corrected chi connectivity index (χ2v) is 8.33. The lowest BCUT2D eigenvalue weighted by Crippen LogP contribution is -2.46. The third kappa shape index (κ3) is 3.24. The number of piperidine rings is 1. The van der Waals surface area contributed by atoms with Crippen LogP contribution < -0.4 is 0 Å². The van der Waals surface area contributed by atoms with Gasteiger partial charge in [0.2, 0.25) is 0 Å². The highest BCUT2D eigenvalue weighted by molar-refractivity contribution is 5.85. The monoisotopic (exact) mass is 380 g/mol. The number of nitrogens with zero attached hydrogens (tertiary/aromatic N) is 1. The van der Waals surface area contributed by atoms with E-state index in [0.717, 1.165) is 49.6 Å². The second-order valence-electron chi connectivity index (χ2n) is 8.33. The fraction of sp³-hybridized carbons (Fsp3) is 0.417. The van der Waals surface area contributed by atoms with E-state index in [1.807, 2.05) is 18.2 Å². The molecule has 2 nitrogen and oxygen atoms in total. The van der Waals surface area contributed by atoms with Gasteiger partial charge >= 0.3 is 0 Å². The molecule has 2 aliphatic rings. The first-order valence-corrected chi connectivity index (χ1v) is 10.5. The van der Waals surface area contributed by atoms with Crippen LogP contribution in [-0.4, -0.2) is 22.5 Å². The van der Waals surface area contributed by atoms with Crippen LogP contribution in [0.5, 0.6) is 0 Å². The fourth-order valence-corrected chi connectivity index (χ4v) is 5.29.